The Bertz CT molecular complexity index is 522. The van der Waals surface area contributed by atoms with E-state index >= 15 is 0 Å². The summed E-state index contributed by atoms with van der Waals surface area (Å²) in [5.74, 6) is 1.41. The Morgan fingerprint density at radius 2 is 1.95 bits per heavy atom. The zero-order chi connectivity index (χ0) is 13.1. The minimum absolute atomic E-state index is 0.386. The van der Waals surface area contributed by atoms with E-state index in [1.165, 1.54) is 0 Å². The van der Waals surface area contributed by atoms with E-state index in [0.717, 1.165) is 37.7 Å². The number of halogens is 1. The molecule has 0 aromatic carbocycles. The van der Waals surface area contributed by atoms with Gasteiger partial charge in [0.1, 0.15) is 12.1 Å². The normalized spacial score (nSPS) is 15.8. The van der Waals surface area contributed by atoms with Crippen LogP contribution in [0.1, 0.15) is 5.69 Å². The largest absolute Gasteiger partial charge is 0.432 e. The lowest BCUT2D eigenvalue weighted by Crippen LogP contribution is -2.47. The van der Waals surface area contributed by atoms with Crippen LogP contribution < -0.4 is 9.80 Å². The third-order valence-corrected chi connectivity index (χ3v) is 3.47. The second-order valence-electron chi connectivity index (χ2n) is 4.42. The van der Waals surface area contributed by atoms with E-state index in [9.17, 15) is 0 Å². The third kappa shape index (κ3) is 2.66. The molecule has 19 heavy (non-hydrogen) atoms. The smallest absolute Gasteiger partial charge is 0.297 e. The standard InChI is InChI=1S/C13H15ClN4O/c14-9-11-10-19-13(16-11)18-7-5-17(6-8-18)12-3-1-2-4-15-12/h1-4,10H,5-9H2. The number of oxazole rings is 1. The van der Waals surface area contributed by atoms with Gasteiger partial charge in [-0.2, -0.15) is 4.98 Å². The molecule has 0 radical (unpaired) electrons. The lowest BCUT2D eigenvalue weighted by Gasteiger charge is -2.34. The van der Waals surface area contributed by atoms with Crippen molar-refractivity contribution >= 4 is 23.4 Å². The highest BCUT2D eigenvalue weighted by atomic mass is 35.5. The number of alkyl halides is 1. The molecule has 0 bridgehead atoms. The molecule has 2 aromatic rings. The third-order valence-electron chi connectivity index (χ3n) is 3.20. The predicted molar refractivity (Wildman–Crippen MR) is 74.7 cm³/mol. The topological polar surface area (TPSA) is 45.4 Å². The van der Waals surface area contributed by atoms with Crippen molar-refractivity contribution in [1.29, 1.82) is 0 Å². The van der Waals surface area contributed by atoms with Crippen molar-refractivity contribution in [2.24, 2.45) is 0 Å². The number of hydrogen-bond acceptors (Lipinski definition) is 5. The molecule has 6 heteroatoms. The molecule has 100 valence electrons. The summed E-state index contributed by atoms with van der Waals surface area (Å²) in [6, 6.07) is 6.64. The number of piperazine rings is 1. The number of aromatic nitrogens is 2. The van der Waals surface area contributed by atoms with E-state index in [1.54, 1.807) is 6.26 Å². The SMILES string of the molecule is ClCc1coc(N2CCN(c3ccccn3)CC2)n1. The van der Waals surface area contributed by atoms with Crippen molar-refractivity contribution in [3.63, 3.8) is 0 Å². The summed E-state index contributed by atoms with van der Waals surface area (Å²) in [5, 5.41) is 0. The van der Waals surface area contributed by atoms with Gasteiger partial charge in [-0.1, -0.05) is 6.07 Å². The van der Waals surface area contributed by atoms with Crippen LogP contribution in [0.15, 0.2) is 35.1 Å². The summed E-state index contributed by atoms with van der Waals surface area (Å²) in [5.41, 5.74) is 0.781. The minimum Gasteiger partial charge on any atom is -0.432 e. The molecule has 0 N–H and O–H groups in total. The van der Waals surface area contributed by atoms with E-state index in [1.807, 2.05) is 24.4 Å². The Labute approximate surface area is 116 Å². The molecule has 1 aliphatic heterocycles. The van der Waals surface area contributed by atoms with Crippen molar-refractivity contribution in [1.82, 2.24) is 9.97 Å². The molecule has 3 rings (SSSR count). The molecule has 0 saturated carbocycles. The molecule has 5 nitrogen and oxygen atoms in total. The van der Waals surface area contributed by atoms with Crippen LogP contribution in [-0.4, -0.2) is 36.1 Å². The van der Waals surface area contributed by atoms with E-state index in [2.05, 4.69) is 19.8 Å². The molecular weight excluding hydrogens is 264 g/mol. The van der Waals surface area contributed by atoms with Gasteiger partial charge in [0, 0.05) is 32.4 Å². The molecule has 0 spiro atoms. The quantitative estimate of drug-likeness (QED) is 0.805. The van der Waals surface area contributed by atoms with Gasteiger partial charge in [-0.15, -0.1) is 11.6 Å². The maximum Gasteiger partial charge on any atom is 0.297 e. The van der Waals surface area contributed by atoms with Gasteiger partial charge in [0.15, 0.2) is 0 Å². The Balaban J connectivity index is 1.63. The molecule has 1 saturated heterocycles. The van der Waals surface area contributed by atoms with Crippen LogP contribution in [0.5, 0.6) is 0 Å². The fourth-order valence-corrected chi connectivity index (χ4v) is 2.29. The predicted octanol–water partition coefficient (Wildman–Crippen LogP) is 2.13. The van der Waals surface area contributed by atoms with Gasteiger partial charge in [-0.3, -0.25) is 0 Å². The summed E-state index contributed by atoms with van der Waals surface area (Å²) in [6.07, 6.45) is 3.44. The van der Waals surface area contributed by atoms with Crippen molar-refractivity contribution in [3.8, 4) is 0 Å². The number of nitrogens with zero attached hydrogens (tertiary/aromatic N) is 4. The number of rotatable bonds is 3. The van der Waals surface area contributed by atoms with Crippen molar-refractivity contribution in [2.75, 3.05) is 36.0 Å². The first-order valence-electron chi connectivity index (χ1n) is 6.28. The van der Waals surface area contributed by atoms with Crippen LogP contribution in [0.2, 0.25) is 0 Å². The van der Waals surface area contributed by atoms with Crippen LogP contribution in [0, 0.1) is 0 Å². The Hall–Kier alpha value is -1.75. The fourth-order valence-electron chi connectivity index (χ4n) is 2.17. The summed E-state index contributed by atoms with van der Waals surface area (Å²) in [4.78, 5) is 13.1. The molecule has 0 aliphatic carbocycles. The lowest BCUT2D eigenvalue weighted by molar-refractivity contribution is 0.515. The molecule has 0 unspecified atom stereocenters. The second-order valence-corrected chi connectivity index (χ2v) is 4.68. The first-order chi connectivity index (χ1) is 9.36. The van der Waals surface area contributed by atoms with E-state index < -0.39 is 0 Å². The Morgan fingerprint density at radius 3 is 2.58 bits per heavy atom. The van der Waals surface area contributed by atoms with E-state index in [4.69, 9.17) is 16.0 Å². The highest BCUT2D eigenvalue weighted by Gasteiger charge is 2.21. The molecule has 0 atom stereocenters. The molecule has 0 amide bonds. The van der Waals surface area contributed by atoms with Gasteiger partial charge in [0.05, 0.1) is 11.6 Å². The van der Waals surface area contributed by atoms with Gasteiger partial charge in [0.2, 0.25) is 0 Å². The van der Waals surface area contributed by atoms with Gasteiger partial charge >= 0.3 is 0 Å². The number of anilines is 2. The first-order valence-corrected chi connectivity index (χ1v) is 6.81. The molecule has 1 fully saturated rings. The van der Waals surface area contributed by atoms with E-state index in [0.29, 0.717) is 11.9 Å². The molecule has 2 aromatic heterocycles. The van der Waals surface area contributed by atoms with Crippen molar-refractivity contribution in [3.05, 3.63) is 36.4 Å². The Kier molecular flexibility index (Phi) is 3.55. The first kappa shape index (κ1) is 12.3. The maximum absolute atomic E-state index is 5.72. The Morgan fingerprint density at radius 1 is 1.16 bits per heavy atom. The summed E-state index contributed by atoms with van der Waals surface area (Å²) >= 11 is 5.72. The van der Waals surface area contributed by atoms with Crippen LogP contribution >= 0.6 is 11.6 Å². The maximum atomic E-state index is 5.72. The van der Waals surface area contributed by atoms with Gasteiger partial charge in [-0.25, -0.2) is 4.98 Å². The monoisotopic (exact) mass is 278 g/mol. The second kappa shape index (κ2) is 5.48. The molecule has 1 aliphatic rings. The molecular formula is C13H15ClN4O. The van der Waals surface area contributed by atoms with Crippen LogP contribution in [0.25, 0.3) is 0 Å². The van der Waals surface area contributed by atoms with Crippen LogP contribution in [0.4, 0.5) is 11.8 Å². The zero-order valence-corrected chi connectivity index (χ0v) is 11.3. The lowest BCUT2D eigenvalue weighted by atomic mass is 10.3. The average Bonchev–Trinajstić information content (AvgIpc) is 2.97. The molecule has 3 heterocycles. The van der Waals surface area contributed by atoms with Crippen LogP contribution in [-0.2, 0) is 5.88 Å². The minimum atomic E-state index is 0.386. The van der Waals surface area contributed by atoms with Gasteiger partial charge < -0.3 is 14.2 Å². The number of hydrogen-bond donors (Lipinski definition) is 0. The van der Waals surface area contributed by atoms with Crippen molar-refractivity contribution in [2.45, 2.75) is 5.88 Å². The summed E-state index contributed by atoms with van der Waals surface area (Å²) in [7, 11) is 0. The van der Waals surface area contributed by atoms with Crippen molar-refractivity contribution < 1.29 is 4.42 Å². The van der Waals surface area contributed by atoms with Crippen LogP contribution in [0.3, 0.4) is 0 Å². The zero-order valence-electron chi connectivity index (χ0n) is 10.5. The summed E-state index contributed by atoms with van der Waals surface area (Å²) < 4.78 is 5.43. The van der Waals surface area contributed by atoms with Gasteiger partial charge in [0.25, 0.3) is 6.01 Å². The number of pyridine rings is 1. The highest BCUT2D eigenvalue weighted by Crippen LogP contribution is 2.19. The summed E-state index contributed by atoms with van der Waals surface area (Å²) in [6.45, 7) is 3.57. The average molecular weight is 279 g/mol. The highest BCUT2D eigenvalue weighted by molar-refractivity contribution is 6.16. The fraction of sp³-hybridized carbons (Fsp3) is 0.385. The van der Waals surface area contributed by atoms with Gasteiger partial charge in [-0.05, 0) is 12.1 Å². The van der Waals surface area contributed by atoms with E-state index in [-0.39, 0.29) is 0 Å².